The van der Waals surface area contributed by atoms with Crippen LogP contribution in [0.5, 0.6) is 0 Å². The fourth-order valence-corrected chi connectivity index (χ4v) is 14.4. The van der Waals surface area contributed by atoms with Crippen LogP contribution >= 0.6 is 33.2 Å². The Kier molecular flexibility index (Phi) is 30.1. The van der Waals surface area contributed by atoms with E-state index in [0.717, 1.165) is 49.2 Å². The molecule has 548 valence electrons. The average Bonchev–Trinajstić information content (AvgIpc) is 1.78. The second-order valence-corrected chi connectivity index (χ2v) is 28.6. The molecule has 1 aromatic heterocycles. The lowest BCUT2D eigenvalue weighted by Crippen LogP contribution is -2.62. The van der Waals surface area contributed by atoms with Crippen molar-refractivity contribution in [1.29, 1.82) is 0 Å². The normalized spacial score (nSPS) is 20.6. The average molecular weight is 1470 g/mol. The van der Waals surface area contributed by atoms with Crippen LogP contribution in [0.15, 0.2) is 152 Å². The molecular weight excluding hydrogens is 1380 g/mol. The Balaban J connectivity index is 0.000000347. The third kappa shape index (κ3) is 22.7. The SMILES string of the molecule is C[C@@H](O)[C@@H]1NC(=O)[C@H](CCCCN)NC(=O)[C@@H](Cc2c[nH]c3ccccc23)NC(=O)[C@H](Cc2ccccc2)NC(=O)[C@@H](NC(=O)[C@H](N)Cc2ccccc2)CSSC[C@@H](C(=O)N[C@H](CO)[C@@H](C)O)NC1=O.Cc1ccccc1C(=O)Nc1ccc(C(=O)N2CCCC(O)c3cc(Cl)ccc32)c(C)c1. The summed E-state index contributed by atoms with van der Waals surface area (Å²) >= 11 is 6.13. The van der Waals surface area contributed by atoms with E-state index in [1.807, 2.05) is 62.4 Å². The van der Waals surface area contributed by atoms with Crippen molar-refractivity contribution in [2.24, 2.45) is 11.5 Å². The van der Waals surface area contributed by atoms with Gasteiger partial charge >= 0.3 is 0 Å². The number of rotatable bonds is 20. The predicted octanol–water partition coefficient (Wildman–Crippen LogP) is 4.88. The summed E-state index contributed by atoms with van der Waals surface area (Å²) in [5.74, 6) is -6.34. The number of benzene rings is 6. The number of H-pyrrole nitrogens is 1. The number of aromatic amines is 1. The van der Waals surface area contributed by atoms with Crippen molar-refractivity contribution in [2.75, 3.05) is 41.4 Å². The van der Waals surface area contributed by atoms with Crippen LogP contribution < -0.4 is 58.9 Å². The highest BCUT2D eigenvalue weighted by Gasteiger charge is 2.37. The summed E-state index contributed by atoms with van der Waals surface area (Å²) in [6.45, 7) is 6.48. The summed E-state index contributed by atoms with van der Waals surface area (Å²) in [5, 5.41) is 64.4. The van der Waals surface area contributed by atoms with Crippen molar-refractivity contribution in [3.63, 3.8) is 0 Å². The molecule has 9 amide bonds. The third-order valence-corrected chi connectivity index (χ3v) is 20.4. The predicted molar refractivity (Wildman–Crippen MR) is 400 cm³/mol. The number of anilines is 2. The second-order valence-electron chi connectivity index (χ2n) is 25.6. The molecule has 0 radical (unpaired) electrons. The molecule has 0 spiro atoms. The van der Waals surface area contributed by atoms with Crippen molar-refractivity contribution < 1.29 is 63.6 Å². The van der Waals surface area contributed by atoms with Crippen LogP contribution in [0.4, 0.5) is 11.4 Å². The van der Waals surface area contributed by atoms with E-state index < -0.39 is 115 Å². The van der Waals surface area contributed by atoms with Gasteiger partial charge in [0.1, 0.15) is 36.3 Å². The van der Waals surface area contributed by atoms with Crippen LogP contribution in [-0.2, 0) is 52.8 Å². The highest BCUT2D eigenvalue weighted by atomic mass is 35.5. The van der Waals surface area contributed by atoms with Crippen molar-refractivity contribution in [1.82, 2.24) is 42.2 Å². The van der Waals surface area contributed by atoms with Gasteiger partial charge in [0.25, 0.3) is 11.8 Å². The zero-order valence-corrected chi connectivity index (χ0v) is 60.1. The summed E-state index contributed by atoms with van der Waals surface area (Å²) in [6, 6.07) is 32.5. The number of aryl methyl sites for hydroxylation is 2. The van der Waals surface area contributed by atoms with E-state index in [1.165, 1.54) is 13.8 Å². The monoisotopic (exact) mass is 1470 g/mol. The Morgan fingerprint density at radius 2 is 1.33 bits per heavy atom. The number of halogens is 1. The minimum atomic E-state index is -1.66. The number of para-hydroxylation sites is 1. The fraction of sp³-hybridized carbons (Fsp3) is 0.373. The van der Waals surface area contributed by atoms with Crippen LogP contribution in [-0.4, -0.2) is 170 Å². The van der Waals surface area contributed by atoms with Crippen LogP contribution in [0.1, 0.15) is 106 Å². The molecular formula is C75H91ClN12O13S2. The molecule has 1 fully saturated rings. The highest BCUT2D eigenvalue weighted by Crippen LogP contribution is 2.36. The zero-order chi connectivity index (χ0) is 74.3. The number of nitrogens with two attached hydrogens (primary N) is 2. The topological polar surface area (TPSA) is 402 Å². The maximum Gasteiger partial charge on any atom is 0.258 e. The van der Waals surface area contributed by atoms with Gasteiger partial charge in [-0.05, 0) is 149 Å². The Labute approximate surface area is 611 Å². The number of amides is 9. The molecule has 28 heteroatoms. The number of aliphatic hydroxyl groups is 4. The van der Waals surface area contributed by atoms with Crippen LogP contribution in [0, 0.1) is 13.8 Å². The number of hydrogen-bond donors (Lipinski definition) is 15. The molecule has 9 rings (SSSR count). The minimum Gasteiger partial charge on any atom is -0.394 e. The Morgan fingerprint density at radius 3 is 2.01 bits per heavy atom. The molecule has 11 atom stereocenters. The lowest BCUT2D eigenvalue weighted by molar-refractivity contribution is -0.136. The number of nitrogens with one attached hydrogen (secondary N) is 9. The van der Waals surface area contributed by atoms with Crippen molar-refractivity contribution in [3.05, 3.63) is 201 Å². The Morgan fingerprint density at radius 1 is 0.689 bits per heavy atom. The van der Waals surface area contributed by atoms with Gasteiger partial charge in [-0.3, -0.25) is 43.2 Å². The first-order valence-electron chi connectivity index (χ1n) is 34.1. The van der Waals surface area contributed by atoms with E-state index in [9.17, 15) is 63.6 Å². The summed E-state index contributed by atoms with van der Waals surface area (Å²) in [6.07, 6.45) is 0.445. The maximum atomic E-state index is 14.7. The quantitative estimate of drug-likeness (QED) is 0.0357. The smallest absolute Gasteiger partial charge is 0.258 e. The van der Waals surface area contributed by atoms with Gasteiger partial charge in [-0.15, -0.1) is 0 Å². The Hall–Kier alpha value is -9.16. The largest absolute Gasteiger partial charge is 0.394 e. The zero-order valence-electron chi connectivity index (χ0n) is 57.7. The fourth-order valence-electron chi connectivity index (χ4n) is 11.8. The van der Waals surface area contributed by atoms with Gasteiger partial charge in [-0.2, -0.15) is 0 Å². The number of unbranched alkanes of at least 4 members (excludes halogenated alkanes) is 1. The number of carbonyl (C=O) groups excluding carboxylic acids is 9. The standard InChI is InChI=1S/C49H66N10O10S2.C26H25ClN2O3/c1-28(61)39(25-60)56-48(68)41-27-71-70-26-40(57-43(63)34(51)21-30-13-5-3-6-14-30)47(67)54-37(22-31-15-7-4-8-16-31)45(65)55-38(23-32-24-52-35-18-10-9-17-33(32)35)46(66)53-36(19-11-12-20-50)44(64)59-42(29(2)62)49(69)58-41;1-16-6-3-4-7-20(16)25(31)28-19-10-11-21(17(2)14-19)26(32)29-13-5-8-24(30)22-15-18(27)9-12-23(22)29/h3-10,13-18,24,28-29,34,36-42,52,60-62H,11-12,19-23,25-27,50-51H2,1-2H3,(H,53,66)(H,54,67)(H,55,65)(H,56,68)(H,57,63)(H,58,69)(H,59,64);3-4,6-7,9-12,14-15,24,30H,5,8,13H2,1-2H3,(H,28,31)/t28-,29-,34-,36+,37+,38-,39-,40+,41+,42+;/m1./s1. The van der Waals surface area contributed by atoms with E-state index in [2.05, 4.69) is 47.5 Å². The molecule has 25 nitrogen and oxygen atoms in total. The molecule has 103 heavy (non-hydrogen) atoms. The van der Waals surface area contributed by atoms with Gasteiger partial charge in [0.15, 0.2) is 0 Å². The minimum absolute atomic E-state index is 0.0340. The summed E-state index contributed by atoms with van der Waals surface area (Å²) < 4.78 is 0. The number of fused-ring (bicyclic) bond motifs is 2. The summed E-state index contributed by atoms with van der Waals surface area (Å²) in [4.78, 5) is 131. The van der Waals surface area contributed by atoms with Crippen LogP contribution in [0.2, 0.25) is 5.02 Å². The van der Waals surface area contributed by atoms with Crippen molar-refractivity contribution >= 4 is 109 Å². The lowest BCUT2D eigenvalue weighted by Gasteiger charge is -2.29. The number of aliphatic hydroxyl groups excluding tert-OH is 4. The van der Waals surface area contributed by atoms with Gasteiger partial charge in [0, 0.05) is 81.1 Å². The summed E-state index contributed by atoms with van der Waals surface area (Å²) in [7, 11) is 2.06. The molecule has 7 aromatic rings. The Bertz CT molecular complexity index is 4080. The van der Waals surface area contributed by atoms with Gasteiger partial charge in [-0.1, -0.05) is 130 Å². The number of aromatic nitrogens is 1. The molecule has 0 bridgehead atoms. The van der Waals surface area contributed by atoms with Crippen LogP contribution in [0.3, 0.4) is 0 Å². The first-order chi connectivity index (χ1) is 49.4. The van der Waals surface area contributed by atoms with E-state index in [0.29, 0.717) is 76.4 Å². The van der Waals surface area contributed by atoms with E-state index in [4.69, 9.17) is 23.1 Å². The van der Waals surface area contributed by atoms with Gasteiger partial charge in [0.05, 0.1) is 37.0 Å². The molecule has 17 N–H and O–H groups in total. The first kappa shape index (κ1) is 79.5. The second kappa shape index (κ2) is 38.9. The molecule has 2 aliphatic rings. The lowest BCUT2D eigenvalue weighted by atomic mass is 10.0. The van der Waals surface area contributed by atoms with Crippen LogP contribution in [0.25, 0.3) is 10.9 Å². The highest BCUT2D eigenvalue weighted by molar-refractivity contribution is 8.76. The van der Waals surface area contributed by atoms with E-state index >= 15 is 0 Å². The van der Waals surface area contributed by atoms with Gasteiger partial charge in [0.2, 0.25) is 41.4 Å². The number of hydrogen-bond acceptors (Lipinski definition) is 17. The first-order valence-corrected chi connectivity index (χ1v) is 37.0. The number of nitrogens with zero attached hydrogens (tertiary/aromatic N) is 1. The molecule has 3 heterocycles. The molecule has 0 aliphatic carbocycles. The van der Waals surface area contributed by atoms with Gasteiger partial charge in [-0.25, -0.2) is 0 Å². The van der Waals surface area contributed by atoms with Gasteiger partial charge < -0.3 is 84.3 Å². The molecule has 1 saturated heterocycles. The third-order valence-electron chi connectivity index (χ3n) is 17.7. The van der Waals surface area contributed by atoms with Crippen molar-refractivity contribution in [3.8, 4) is 0 Å². The maximum absolute atomic E-state index is 14.7. The van der Waals surface area contributed by atoms with Crippen molar-refractivity contribution in [2.45, 2.75) is 146 Å². The molecule has 6 aromatic carbocycles. The van der Waals surface area contributed by atoms with E-state index in [-0.39, 0.29) is 55.5 Å². The molecule has 0 saturated carbocycles. The number of carbonyl (C=O) groups is 9. The molecule has 1 unspecified atom stereocenters. The van der Waals surface area contributed by atoms with E-state index in [1.54, 1.807) is 108 Å². The molecule has 2 aliphatic heterocycles. The summed E-state index contributed by atoms with van der Waals surface area (Å²) in [5.41, 5.74) is 19.8.